The number of hydrogen-bond acceptors (Lipinski definition) is 7. The van der Waals surface area contributed by atoms with E-state index in [2.05, 4.69) is 111 Å². The summed E-state index contributed by atoms with van der Waals surface area (Å²) in [7, 11) is 1.15. The number of phosphoric ester groups is 1. The van der Waals surface area contributed by atoms with Gasteiger partial charge in [-0.3, -0.25) is 14.2 Å². The molecule has 0 aliphatic heterocycles. The molecule has 0 aliphatic carbocycles. The first-order chi connectivity index (χ1) is 35.4. The monoisotopic (exact) mass is 1040 g/mol. The first-order valence-electron chi connectivity index (χ1n) is 29.6. The zero-order chi connectivity index (χ0) is 53.6. The van der Waals surface area contributed by atoms with Gasteiger partial charge >= 0.3 is 5.97 Å². The molecule has 0 bridgehead atoms. The normalized spacial score (nSPS) is 14.5. The van der Waals surface area contributed by atoms with Crippen LogP contribution in [0.1, 0.15) is 239 Å². The van der Waals surface area contributed by atoms with Gasteiger partial charge in [0, 0.05) is 12.8 Å². The number of rotatable bonds is 52. The van der Waals surface area contributed by atoms with Gasteiger partial charge in [-0.2, -0.15) is 0 Å². The molecular formula is C63H111N2O7P. The van der Waals surface area contributed by atoms with Crippen molar-refractivity contribution in [3.8, 4) is 0 Å². The molecule has 0 aliphatic rings. The van der Waals surface area contributed by atoms with Crippen molar-refractivity contribution in [2.75, 3.05) is 40.9 Å². The molecule has 0 aromatic heterocycles. The van der Waals surface area contributed by atoms with Crippen molar-refractivity contribution >= 4 is 19.7 Å². The fourth-order valence-corrected chi connectivity index (χ4v) is 8.70. The van der Waals surface area contributed by atoms with Crippen molar-refractivity contribution in [3.63, 3.8) is 0 Å². The van der Waals surface area contributed by atoms with Crippen molar-refractivity contribution < 1.29 is 37.3 Å². The minimum Gasteiger partial charge on any atom is -0.756 e. The standard InChI is InChI=1S/C63H111N2O7P/c1-7-10-13-16-19-22-25-27-29-30-31-32-33-34-36-38-41-44-47-50-53-56-63(67)72-61(54-51-48-45-42-39-24-21-18-15-12-9-3)60(59-71-73(68,69)70-58-57-65(4,5)6)64-62(66)55-52-49-46-43-40-37-35-28-26-23-20-17-14-11-8-2/h11,14,17,19-20,22-23,26-27,29,31-32,34,36,51,54,60-61H,7-10,12-13,15-16,18,21,24-25,28,30,33,35,37-50,52-53,55-59H2,1-6H3,(H-,64,66,68,69)/b14-11+,20-17+,22-19-,26-23+,29-27-,32-31-,36-34-,54-51-. The Labute approximate surface area is 449 Å². The van der Waals surface area contributed by atoms with Crippen LogP contribution in [0.5, 0.6) is 0 Å². The minimum absolute atomic E-state index is 0.0330. The van der Waals surface area contributed by atoms with Crippen LogP contribution in [0.2, 0.25) is 0 Å². The molecule has 9 nitrogen and oxygen atoms in total. The van der Waals surface area contributed by atoms with E-state index in [0.29, 0.717) is 23.9 Å². The molecule has 420 valence electrons. The summed E-state index contributed by atoms with van der Waals surface area (Å²) >= 11 is 0. The lowest BCUT2D eigenvalue weighted by Crippen LogP contribution is -2.47. The number of carbonyl (C=O) groups excluding carboxylic acids is 2. The van der Waals surface area contributed by atoms with Crippen molar-refractivity contribution in [1.82, 2.24) is 5.32 Å². The lowest BCUT2D eigenvalue weighted by Gasteiger charge is -2.30. The van der Waals surface area contributed by atoms with Gasteiger partial charge < -0.3 is 28.5 Å². The summed E-state index contributed by atoms with van der Waals surface area (Å²) in [5.74, 6) is -0.582. The van der Waals surface area contributed by atoms with Gasteiger partial charge in [0.2, 0.25) is 5.91 Å². The number of allylic oxidation sites excluding steroid dienone is 15. The van der Waals surface area contributed by atoms with E-state index in [4.69, 9.17) is 13.8 Å². The van der Waals surface area contributed by atoms with E-state index in [1.54, 1.807) is 0 Å². The summed E-state index contributed by atoms with van der Waals surface area (Å²) in [6.07, 6.45) is 69.4. The third-order valence-electron chi connectivity index (χ3n) is 12.6. The van der Waals surface area contributed by atoms with Gasteiger partial charge in [0.1, 0.15) is 19.3 Å². The van der Waals surface area contributed by atoms with Crippen LogP contribution in [0.3, 0.4) is 0 Å². The largest absolute Gasteiger partial charge is 0.756 e. The third-order valence-corrected chi connectivity index (χ3v) is 13.5. The Morgan fingerprint density at radius 3 is 1.45 bits per heavy atom. The Balaban J connectivity index is 5.31. The lowest BCUT2D eigenvalue weighted by atomic mass is 10.1. The molecule has 73 heavy (non-hydrogen) atoms. The number of phosphoric acid groups is 1. The molecule has 0 radical (unpaired) electrons. The maximum absolute atomic E-state index is 13.5. The van der Waals surface area contributed by atoms with Gasteiger partial charge in [0.05, 0.1) is 33.8 Å². The Hall–Kier alpha value is -3.07. The Morgan fingerprint density at radius 1 is 0.507 bits per heavy atom. The van der Waals surface area contributed by atoms with Crippen LogP contribution in [-0.4, -0.2) is 69.4 Å². The predicted octanol–water partition coefficient (Wildman–Crippen LogP) is 17.4. The highest BCUT2D eigenvalue weighted by Gasteiger charge is 2.27. The molecule has 0 aromatic rings. The van der Waals surface area contributed by atoms with E-state index >= 15 is 0 Å². The average Bonchev–Trinajstić information content (AvgIpc) is 3.35. The number of amides is 1. The second kappa shape index (κ2) is 52.4. The van der Waals surface area contributed by atoms with E-state index in [-0.39, 0.29) is 24.9 Å². The number of hydrogen-bond donors (Lipinski definition) is 1. The second-order valence-electron chi connectivity index (χ2n) is 20.8. The van der Waals surface area contributed by atoms with Crippen LogP contribution in [0.15, 0.2) is 97.2 Å². The van der Waals surface area contributed by atoms with Gasteiger partial charge in [-0.1, -0.05) is 227 Å². The van der Waals surface area contributed by atoms with E-state index in [0.717, 1.165) is 109 Å². The maximum atomic E-state index is 13.5. The molecule has 3 unspecified atom stereocenters. The number of unbranched alkanes of at least 4 members (excludes halogenated alkanes) is 24. The molecular weight excluding hydrogens is 928 g/mol. The van der Waals surface area contributed by atoms with Gasteiger partial charge in [-0.05, 0) is 96.0 Å². The summed E-state index contributed by atoms with van der Waals surface area (Å²) < 4.78 is 30.2. The van der Waals surface area contributed by atoms with Crippen molar-refractivity contribution in [3.05, 3.63) is 97.2 Å². The minimum atomic E-state index is -4.71. The van der Waals surface area contributed by atoms with Crippen LogP contribution in [0, 0.1) is 0 Å². The van der Waals surface area contributed by atoms with Gasteiger partial charge in [0.25, 0.3) is 7.82 Å². The fourth-order valence-electron chi connectivity index (χ4n) is 7.97. The molecule has 0 spiro atoms. The lowest BCUT2D eigenvalue weighted by molar-refractivity contribution is -0.870. The Kier molecular flexibility index (Phi) is 50.2. The number of likely N-dealkylation sites (N-methyl/N-ethyl adjacent to an activating group) is 1. The first-order valence-corrected chi connectivity index (χ1v) is 31.0. The molecule has 0 heterocycles. The zero-order valence-electron chi connectivity index (χ0n) is 47.8. The number of carbonyl (C=O) groups is 2. The van der Waals surface area contributed by atoms with E-state index < -0.39 is 26.6 Å². The van der Waals surface area contributed by atoms with Crippen LogP contribution in [-0.2, 0) is 27.9 Å². The van der Waals surface area contributed by atoms with Crippen LogP contribution >= 0.6 is 7.82 Å². The number of ether oxygens (including phenoxy) is 1. The van der Waals surface area contributed by atoms with Crippen LogP contribution in [0.4, 0.5) is 0 Å². The third kappa shape index (κ3) is 53.6. The molecule has 0 rings (SSSR count). The molecule has 1 amide bonds. The quantitative estimate of drug-likeness (QED) is 0.0161. The maximum Gasteiger partial charge on any atom is 0.306 e. The summed E-state index contributed by atoms with van der Waals surface area (Å²) in [6.45, 7) is 6.64. The zero-order valence-corrected chi connectivity index (χ0v) is 48.7. The van der Waals surface area contributed by atoms with Crippen molar-refractivity contribution in [2.24, 2.45) is 0 Å². The highest BCUT2D eigenvalue weighted by molar-refractivity contribution is 7.45. The Morgan fingerprint density at radius 2 is 0.932 bits per heavy atom. The fraction of sp³-hybridized carbons (Fsp3) is 0.714. The number of quaternary nitrogens is 1. The van der Waals surface area contributed by atoms with E-state index in [1.165, 1.54) is 89.9 Å². The molecule has 0 fully saturated rings. The highest BCUT2D eigenvalue weighted by Crippen LogP contribution is 2.38. The summed E-state index contributed by atoms with van der Waals surface area (Å²) in [6, 6.07) is -0.907. The molecule has 0 saturated carbocycles. The van der Waals surface area contributed by atoms with Gasteiger partial charge in [0.15, 0.2) is 0 Å². The molecule has 0 aromatic carbocycles. The highest BCUT2D eigenvalue weighted by atomic mass is 31.2. The topological polar surface area (TPSA) is 114 Å². The summed E-state index contributed by atoms with van der Waals surface area (Å²) in [5.41, 5.74) is 0. The summed E-state index contributed by atoms with van der Waals surface area (Å²) in [4.78, 5) is 39.9. The van der Waals surface area contributed by atoms with E-state index in [9.17, 15) is 19.0 Å². The Bertz CT molecular complexity index is 1570. The molecule has 10 heteroatoms. The second-order valence-corrected chi connectivity index (χ2v) is 22.2. The van der Waals surface area contributed by atoms with Gasteiger partial charge in [-0.25, -0.2) is 0 Å². The summed E-state index contributed by atoms with van der Waals surface area (Å²) in [5, 5.41) is 3.01. The molecule has 1 N–H and O–H groups in total. The smallest absolute Gasteiger partial charge is 0.306 e. The number of esters is 1. The van der Waals surface area contributed by atoms with Crippen molar-refractivity contribution in [1.29, 1.82) is 0 Å². The predicted molar refractivity (Wildman–Crippen MR) is 311 cm³/mol. The molecule has 3 atom stereocenters. The molecule has 0 saturated heterocycles. The van der Waals surface area contributed by atoms with Gasteiger partial charge in [-0.15, -0.1) is 0 Å². The van der Waals surface area contributed by atoms with E-state index in [1.807, 2.05) is 33.3 Å². The first kappa shape index (κ1) is 69.9. The number of nitrogens with one attached hydrogen (secondary N) is 1. The van der Waals surface area contributed by atoms with Crippen LogP contribution in [0.25, 0.3) is 0 Å². The van der Waals surface area contributed by atoms with Crippen molar-refractivity contribution in [2.45, 2.75) is 251 Å². The number of nitrogens with zero attached hydrogens (tertiary/aromatic N) is 1. The van der Waals surface area contributed by atoms with Crippen LogP contribution < -0.4 is 10.2 Å². The average molecular weight is 1040 g/mol. The SMILES string of the molecule is CC/C=C/C=C/C=C/CCCCCCCCCC(=O)NC(COP(=O)([O-])OCC[N+](C)(C)C)C(/C=C\CCCCCCCCCCC)OC(=O)CCCCCCC/C=C\C/C=C\C/C=C\C/C=C\CCCCC.